The molecule has 1 aromatic heterocycles. The van der Waals surface area contributed by atoms with Crippen molar-refractivity contribution >= 4 is 0 Å². The van der Waals surface area contributed by atoms with Crippen molar-refractivity contribution in [2.45, 2.75) is 0 Å². The Kier molecular flexibility index (Phi) is 2.10. The minimum atomic E-state index is 0.569. The average Bonchev–Trinajstić information content (AvgIpc) is 2.05. The number of hydrogen-bond acceptors (Lipinski definition) is 3. The second-order valence-electron chi connectivity index (χ2n) is 1.72. The SMILES string of the molecule is COc1cccc(OC)n1. The molecule has 1 rings (SSSR count). The molecule has 1 heterocycles. The Morgan fingerprint density at radius 2 is 1.60 bits per heavy atom. The first-order valence-electron chi connectivity index (χ1n) is 2.92. The zero-order chi connectivity index (χ0) is 7.40. The van der Waals surface area contributed by atoms with Crippen LogP contribution >= 0.6 is 0 Å². The van der Waals surface area contributed by atoms with Crippen LogP contribution in [-0.2, 0) is 0 Å². The molecule has 10 heavy (non-hydrogen) atoms. The Bertz CT molecular complexity index is 193. The monoisotopic (exact) mass is 139 g/mol. The maximum atomic E-state index is 4.87. The summed E-state index contributed by atoms with van der Waals surface area (Å²) in [6.45, 7) is 0. The molecular weight excluding hydrogens is 130 g/mol. The molecule has 0 N–H and O–H groups in total. The zero-order valence-corrected chi connectivity index (χ0v) is 6.00. The van der Waals surface area contributed by atoms with Crippen molar-refractivity contribution in [3.63, 3.8) is 0 Å². The largest absolute Gasteiger partial charge is 0.481 e. The predicted molar refractivity (Wildman–Crippen MR) is 37.3 cm³/mol. The fraction of sp³-hybridized carbons (Fsp3) is 0.286. The Morgan fingerprint density at radius 3 is 2.00 bits per heavy atom. The summed E-state index contributed by atoms with van der Waals surface area (Å²) in [4.78, 5) is 3.97. The van der Waals surface area contributed by atoms with Crippen molar-refractivity contribution in [1.29, 1.82) is 0 Å². The standard InChI is InChI=1S/C7H9NO2/c1-9-6-4-3-5-7(8-6)10-2/h3-5H,1-2H3. The molecule has 0 fully saturated rings. The van der Waals surface area contributed by atoms with Crippen LogP contribution < -0.4 is 9.47 Å². The molecule has 0 saturated heterocycles. The highest BCUT2D eigenvalue weighted by molar-refractivity contribution is 5.19. The number of ether oxygens (including phenoxy) is 2. The lowest BCUT2D eigenvalue weighted by Crippen LogP contribution is -1.90. The summed E-state index contributed by atoms with van der Waals surface area (Å²) in [5.74, 6) is 1.14. The van der Waals surface area contributed by atoms with Crippen LogP contribution in [-0.4, -0.2) is 19.2 Å². The third kappa shape index (κ3) is 1.37. The summed E-state index contributed by atoms with van der Waals surface area (Å²) in [7, 11) is 3.14. The Hall–Kier alpha value is -1.25. The van der Waals surface area contributed by atoms with E-state index in [9.17, 15) is 0 Å². The predicted octanol–water partition coefficient (Wildman–Crippen LogP) is 1.10. The average molecular weight is 139 g/mol. The third-order valence-electron chi connectivity index (χ3n) is 1.12. The molecule has 0 aliphatic rings. The van der Waals surface area contributed by atoms with Gasteiger partial charge in [0.25, 0.3) is 0 Å². The van der Waals surface area contributed by atoms with Crippen LogP contribution in [0.5, 0.6) is 11.8 Å². The summed E-state index contributed by atoms with van der Waals surface area (Å²) in [5, 5.41) is 0. The van der Waals surface area contributed by atoms with E-state index in [4.69, 9.17) is 9.47 Å². The van der Waals surface area contributed by atoms with Crippen molar-refractivity contribution in [2.24, 2.45) is 0 Å². The van der Waals surface area contributed by atoms with Gasteiger partial charge in [-0.15, -0.1) is 0 Å². The molecule has 3 heteroatoms. The second-order valence-corrected chi connectivity index (χ2v) is 1.72. The number of pyridine rings is 1. The molecule has 0 unspecified atom stereocenters. The molecule has 54 valence electrons. The van der Waals surface area contributed by atoms with E-state index in [0.717, 1.165) is 0 Å². The third-order valence-corrected chi connectivity index (χ3v) is 1.12. The smallest absolute Gasteiger partial charge is 0.216 e. The van der Waals surface area contributed by atoms with E-state index >= 15 is 0 Å². The minimum Gasteiger partial charge on any atom is -0.481 e. The van der Waals surface area contributed by atoms with Gasteiger partial charge < -0.3 is 9.47 Å². The van der Waals surface area contributed by atoms with Gasteiger partial charge in [0, 0.05) is 12.1 Å². The van der Waals surface area contributed by atoms with Crippen LogP contribution in [0.25, 0.3) is 0 Å². The van der Waals surface area contributed by atoms with Crippen molar-refractivity contribution in [2.75, 3.05) is 14.2 Å². The number of rotatable bonds is 2. The van der Waals surface area contributed by atoms with Gasteiger partial charge in [-0.1, -0.05) is 6.07 Å². The molecule has 0 aliphatic carbocycles. The molecule has 0 atom stereocenters. The van der Waals surface area contributed by atoms with Gasteiger partial charge in [-0.2, -0.15) is 4.98 Å². The number of hydrogen-bond donors (Lipinski definition) is 0. The lowest BCUT2D eigenvalue weighted by atomic mass is 10.5. The van der Waals surface area contributed by atoms with E-state index in [2.05, 4.69) is 4.98 Å². The first-order chi connectivity index (χ1) is 4.86. The van der Waals surface area contributed by atoms with Crippen molar-refractivity contribution in [1.82, 2.24) is 4.98 Å². The van der Waals surface area contributed by atoms with Crippen LogP contribution in [0.15, 0.2) is 18.2 Å². The lowest BCUT2D eigenvalue weighted by molar-refractivity contribution is 0.364. The van der Waals surface area contributed by atoms with E-state index in [0.29, 0.717) is 11.8 Å². The maximum absolute atomic E-state index is 4.87. The maximum Gasteiger partial charge on any atom is 0.216 e. The molecular formula is C7H9NO2. The van der Waals surface area contributed by atoms with Crippen LogP contribution in [0.4, 0.5) is 0 Å². The molecule has 0 aliphatic heterocycles. The number of methoxy groups -OCH3 is 2. The first-order valence-corrected chi connectivity index (χ1v) is 2.92. The van der Waals surface area contributed by atoms with E-state index in [1.165, 1.54) is 0 Å². The van der Waals surface area contributed by atoms with Gasteiger partial charge in [0.15, 0.2) is 0 Å². The summed E-state index contributed by atoms with van der Waals surface area (Å²) < 4.78 is 9.73. The van der Waals surface area contributed by atoms with Crippen LogP contribution in [0.2, 0.25) is 0 Å². The molecule has 0 saturated carbocycles. The van der Waals surface area contributed by atoms with Crippen molar-refractivity contribution < 1.29 is 9.47 Å². The van der Waals surface area contributed by atoms with E-state index in [1.807, 2.05) is 6.07 Å². The van der Waals surface area contributed by atoms with Gasteiger partial charge in [-0.3, -0.25) is 0 Å². The Balaban J connectivity index is 2.87. The molecule has 0 radical (unpaired) electrons. The van der Waals surface area contributed by atoms with Crippen LogP contribution in [0.1, 0.15) is 0 Å². The zero-order valence-electron chi connectivity index (χ0n) is 6.00. The Morgan fingerprint density at radius 1 is 1.10 bits per heavy atom. The summed E-state index contributed by atoms with van der Waals surface area (Å²) in [6.07, 6.45) is 0. The highest BCUT2D eigenvalue weighted by Gasteiger charge is 1.93. The van der Waals surface area contributed by atoms with E-state index in [-0.39, 0.29) is 0 Å². The minimum absolute atomic E-state index is 0.569. The Labute approximate surface area is 59.6 Å². The molecule has 0 bridgehead atoms. The number of aromatic nitrogens is 1. The normalized spacial score (nSPS) is 9.00. The van der Waals surface area contributed by atoms with E-state index < -0.39 is 0 Å². The molecule has 0 aromatic carbocycles. The quantitative estimate of drug-likeness (QED) is 0.614. The molecule has 0 spiro atoms. The fourth-order valence-corrected chi connectivity index (χ4v) is 0.623. The fourth-order valence-electron chi connectivity index (χ4n) is 0.623. The molecule has 3 nitrogen and oxygen atoms in total. The number of nitrogens with zero attached hydrogens (tertiary/aromatic N) is 1. The highest BCUT2D eigenvalue weighted by Crippen LogP contribution is 2.11. The van der Waals surface area contributed by atoms with E-state index in [1.54, 1.807) is 26.4 Å². The van der Waals surface area contributed by atoms with Gasteiger partial charge in [0.05, 0.1) is 14.2 Å². The summed E-state index contributed by atoms with van der Waals surface area (Å²) in [5.41, 5.74) is 0. The van der Waals surface area contributed by atoms with Gasteiger partial charge in [0.1, 0.15) is 0 Å². The van der Waals surface area contributed by atoms with Gasteiger partial charge >= 0.3 is 0 Å². The summed E-state index contributed by atoms with van der Waals surface area (Å²) in [6, 6.07) is 5.36. The van der Waals surface area contributed by atoms with Gasteiger partial charge in [-0.25, -0.2) is 0 Å². The second kappa shape index (κ2) is 3.06. The van der Waals surface area contributed by atoms with Gasteiger partial charge in [-0.05, 0) is 0 Å². The first kappa shape index (κ1) is 6.86. The van der Waals surface area contributed by atoms with Gasteiger partial charge in [0.2, 0.25) is 11.8 Å². The molecule has 0 amide bonds. The van der Waals surface area contributed by atoms with Crippen molar-refractivity contribution in [3.05, 3.63) is 18.2 Å². The summed E-state index contributed by atoms with van der Waals surface area (Å²) >= 11 is 0. The van der Waals surface area contributed by atoms with Crippen molar-refractivity contribution in [3.8, 4) is 11.8 Å². The lowest BCUT2D eigenvalue weighted by Gasteiger charge is -1.99. The van der Waals surface area contributed by atoms with Crippen LogP contribution in [0.3, 0.4) is 0 Å². The highest BCUT2D eigenvalue weighted by atomic mass is 16.5. The topological polar surface area (TPSA) is 31.4 Å². The van der Waals surface area contributed by atoms with Crippen LogP contribution in [0, 0.1) is 0 Å². The molecule has 1 aromatic rings.